The molecular formula is C16H14NO6S-. The van der Waals surface area contributed by atoms with Gasteiger partial charge in [-0.25, -0.2) is 13.2 Å². The summed E-state index contributed by atoms with van der Waals surface area (Å²) in [4.78, 5) is 15.3. The maximum Gasteiger partial charge on any atom is 0.339 e. The lowest BCUT2D eigenvalue weighted by Crippen LogP contribution is -2.13. The SMILES string of the molecule is O=C(OCCN=Cc1ccccc1O)c1ccccc1S(=O)(=O)[O-]. The van der Waals surface area contributed by atoms with E-state index >= 15 is 0 Å². The Morgan fingerprint density at radius 1 is 1.17 bits per heavy atom. The van der Waals surface area contributed by atoms with Gasteiger partial charge in [0.2, 0.25) is 0 Å². The summed E-state index contributed by atoms with van der Waals surface area (Å²) in [5, 5.41) is 9.55. The molecule has 0 radical (unpaired) electrons. The van der Waals surface area contributed by atoms with Crippen molar-refractivity contribution in [2.75, 3.05) is 13.2 Å². The Balaban J connectivity index is 1.94. The highest BCUT2D eigenvalue weighted by molar-refractivity contribution is 7.85. The highest BCUT2D eigenvalue weighted by Gasteiger charge is 2.16. The van der Waals surface area contributed by atoms with Crippen molar-refractivity contribution in [3.63, 3.8) is 0 Å². The number of nitrogens with zero attached hydrogens (tertiary/aromatic N) is 1. The number of carbonyl (C=O) groups is 1. The van der Waals surface area contributed by atoms with Gasteiger partial charge in [0.05, 0.1) is 17.0 Å². The molecule has 0 atom stereocenters. The zero-order valence-electron chi connectivity index (χ0n) is 12.5. The van der Waals surface area contributed by atoms with Gasteiger partial charge in [-0.2, -0.15) is 0 Å². The van der Waals surface area contributed by atoms with Gasteiger partial charge in [-0.05, 0) is 24.3 Å². The van der Waals surface area contributed by atoms with Crippen molar-refractivity contribution in [1.29, 1.82) is 0 Å². The molecule has 0 aromatic heterocycles. The summed E-state index contributed by atoms with van der Waals surface area (Å²) in [5.74, 6) is -0.837. The molecule has 0 amide bonds. The van der Waals surface area contributed by atoms with Gasteiger partial charge in [-0.3, -0.25) is 4.99 Å². The molecular weight excluding hydrogens is 334 g/mol. The fourth-order valence-corrected chi connectivity index (χ4v) is 2.55. The van der Waals surface area contributed by atoms with Gasteiger partial charge in [0.25, 0.3) is 0 Å². The summed E-state index contributed by atoms with van der Waals surface area (Å²) < 4.78 is 38.3. The van der Waals surface area contributed by atoms with Crippen LogP contribution in [0.25, 0.3) is 0 Å². The normalized spacial score (nSPS) is 11.5. The summed E-state index contributed by atoms with van der Waals surface area (Å²) in [6.07, 6.45) is 1.43. The smallest absolute Gasteiger partial charge is 0.339 e. The predicted molar refractivity (Wildman–Crippen MR) is 85.3 cm³/mol. The maximum atomic E-state index is 11.9. The molecule has 0 saturated carbocycles. The third-order valence-corrected chi connectivity index (χ3v) is 3.89. The molecule has 2 rings (SSSR count). The summed E-state index contributed by atoms with van der Waals surface area (Å²) in [7, 11) is -4.76. The van der Waals surface area contributed by atoms with Crippen LogP contribution in [0.5, 0.6) is 5.75 Å². The molecule has 1 N–H and O–H groups in total. The molecule has 0 saturated heterocycles. The number of phenolic OH excluding ortho intramolecular Hbond substituents is 1. The van der Waals surface area contributed by atoms with Gasteiger partial charge >= 0.3 is 5.97 Å². The predicted octanol–water partition coefficient (Wildman–Crippen LogP) is 1.57. The van der Waals surface area contributed by atoms with Crippen LogP contribution in [0.1, 0.15) is 15.9 Å². The second kappa shape index (κ2) is 7.71. The van der Waals surface area contributed by atoms with Crippen LogP contribution in [-0.2, 0) is 14.9 Å². The quantitative estimate of drug-likeness (QED) is 0.367. The van der Waals surface area contributed by atoms with E-state index in [1.165, 1.54) is 30.5 Å². The van der Waals surface area contributed by atoms with Crippen LogP contribution in [0.15, 0.2) is 58.4 Å². The van der Waals surface area contributed by atoms with E-state index in [1.807, 2.05) is 0 Å². The van der Waals surface area contributed by atoms with E-state index < -0.39 is 21.0 Å². The number of benzene rings is 2. The van der Waals surface area contributed by atoms with E-state index in [-0.39, 0.29) is 24.5 Å². The van der Waals surface area contributed by atoms with Crippen LogP contribution < -0.4 is 0 Å². The minimum absolute atomic E-state index is 0.0767. The van der Waals surface area contributed by atoms with Gasteiger partial charge in [0.1, 0.15) is 22.5 Å². The van der Waals surface area contributed by atoms with Gasteiger partial charge in [-0.15, -0.1) is 0 Å². The van der Waals surface area contributed by atoms with E-state index in [0.29, 0.717) is 5.56 Å². The van der Waals surface area contributed by atoms with E-state index in [2.05, 4.69) is 4.99 Å². The van der Waals surface area contributed by atoms with Crippen LogP contribution in [0, 0.1) is 0 Å². The molecule has 8 heteroatoms. The third kappa shape index (κ3) is 4.64. The Morgan fingerprint density at radius 2 is 1.83 bits per heavy atom. The first-order valence-corrected chi connectivity index (χ1v) is 8.30. The molecule has 0 unspecified atom stereocenters. The highest BCUT2D eigenvalue weighted by Crippen LogP contribution is 2.16. The van der Waals surface area contributed by atoms with Crippen LogP contribution in [0.3, 0.4) is 0 Å². The molecule has 0 bridgehead atoms. The molecule has 0 aliphatic carbocycles. The first-order chi connectivity index (χ1) is 11.4. The molecule has 24 heavy (non-hydrogen) atoms. The van der Waals surface area contributed by atoms with E-state index in [1.54, 1.807) is 18.2 Å². The molecule has 0 spiro atoms. The van der Waals surface area contributed by atoms with Crippen molar-refractivity contribution in [2.45, 2.75) is 4.90 Å². The van der Waals surface area contributed by atoms with Crippen molar-refractivity contribution in [3.8, 4) is 5.75 Å². The first kappa shape index (κ1) is 17.6. The van der Waals surface area contributed by atoms with Crippen molar-refractivity contribution >= 4 is 22.3 Å². The highest BCUT2D eigenvalue weighted by atomic mass is 32.2. The third-order valence-electron chi connectivity index (χ3n) is 3.00. The number of esters is 1. The number of rotatable bonds is 6. The summed E-state index contributed by atoms with van der Waals surface area (Å²) in [5.41, 5.74) is 0.212. The van der Waals surface area contributed by atoms with E-state index in [0.717, 1.165) is 6.07 Å². The average Bonchev–Trinajstić information content (AvgIpc) is 2.55. The van der Waals surface area contributed by atoms with Gasteiger partial charge in [0.15, 0.2) is 0 Å². The van der Waals surface area contributed by atoms with Crippen molar-refractivity contribution in [3.05, 3.63) is 59.7 Å². The number of aromatic hydroxyl groups is 1. The Morgan fingerprint density at radius 3 is 2.54 bits per heavy atom. The number of hydrogen-bond acceptors (Lipinski definition) is 7. The lowest BCUT2D eigenvalue weighted by atomic mass is 10.2. The van der Waals surface area contributed by atoms with E-state index in [4.69, 9.17) is 4.74 Å². The molecule has 0 heterocycles. The Labute approximate surface area is 139 Å². The number of phenols is 1. The molecule has 0 aliphatic rings. The molecule has 0 aliphatic heterocycles. The number of hydrogen-bond donors (Lipinski definition) is 1. The zero-order valence-corrected chi connectivity index (χ0v) is 13.3. The molecule has 7 nitrogen and oxygen atoms in total. The molecule has 126 valence electrons. The molecule has 2 aromatic rings. The van der Waals surface area contributed by atoms with Crippen molar-refractivity contribution in [2.24, 2.45) is 4.99 Å². The lowest BCUT2D eigenvalue weighted by Gasteiger charge is -2.11. The largest absolute Gasteiger partial charge is 0.744 e. The minimum Gasteiger partial charge on any atom is -0.744 e. The van der Waals surface area contributed by atoms with E-state index in [9.17, 15) is 22.9 Å². The minimum atomic E-state index is -4.76. The van der Waals surface area contributed by atoms with Crippen LogP contribution in [0.4, 0.5) is 0 Å². The van der Waals surface area contributed by atoms with Gasteiger partial charge in [0, 0.05) is 11.8 Å². The number of para-hydroxylation sites is 1. The second-order valence-electron chi connectivity index (χ2n) is 4.68. The Bertz CT molecular complexity index is 860. The van der Waals surface area contributed by atoms with Gasteiger partial charge < -0.3 is 14.4 Å². The number of carbonyl (C=O) groups excluding carboxylic acids is 1. The Kier molecular flexibility index (Phi) is 5.67. The van der Waals surface area contributed by atoms with Crippen molar-refractivity contribution < 1.29 is 27.6 Å². The van der Waals surface area contributed by atoms with Crippen LogP contribution in [-0.4, -0.2) is 43.4 Å². The summed E-state index contributed by atoms with van der Waals surface area (Å²) in [6, 6.07) is 11.6. The topological polar surface area (TPSA) is 116 Å². The monoisotopic (exact) mass is 348 g/mol. The fraction of sp³-hybridized carbons (Fsp3) is 0.125. The molecule has 2 aromatic carbocycles. The Hall–Kier alpha value is -2.71. The summed E-state index contributed by atoms with van der Waals surface area (Å²) in [6.45, 7) is 0.0164. The maximum absolute atomic E-state index is 11.9. The van der Waals surface area contributed by atoms with Crippen molar-refractivity contribution in [1.82, 2.24) is 0 Å². The molecule has 0 fully saturated rings. The zero-order chi connectivity index (χ0) is 17.6. The number of aliphatic imine (C=N–C) groups is 1. The van der Waals surface area contributed by atoms with Crippen LogP contribution in [0.2, 0.25) is 0 Å². The average molecular weight is 348 g/mol. The fourth-order valence-electron chi connectivity index (χ4n) is 1.88. The van der Waals surface area contributed by atoms with Gasteiger partial charge in [-0.1, -0.05) is 24.3 Å². The van der Waals surface area contributed by atoms with Crippen LogP contribution >= 0.6 is 0 Å². The number of ether oxygens (including phenoxy) is 1. The lowest BCUT2D eigenvalue weighted by molar-refractivity contribution is 0.0512. The standard InChI is InChI=1S/C16H15NO6S/c18-14-7-3-1-5-12(14)11-17-9-10-23-16(19)13-6-2-4-8-15(13)24(20,21)22/h1-8,11,18H,9-10H2,(H,20,21,22)/p-1. The second-order valence-corrected chi connectivity index (χ2v) is 6.03. The summed E-state index contributed by atoms with van der Waals surface area (Å²) >= 11 is 0. The first-order valence-electron chi connectivity index (χ1n) is 6.89.